The molecule has 26 heavy (non-hydrogen) atoms. The number of aliphatic hydroxyl groups is 1. The predicted molar refractivity (Wildman–Crippen MR) is 94.9 cm³/mol. The molecule has 142 valence electrons. The lowest BCUT2D eigenvalue weighted by molar-refractivity contribution is -0.140. The van der Waals surface area contributed by atoms with Gasteiger partial charge in [0.15, 0.2) is 0 Å². The zero-order valence-corrected chi connectivity index (χ0v) is 14.8. The molecule has 0 saturated carbocycles. The highest BCUT2D eigenvalue weighted by Gasteiger charge is 2.35. The number of aliphatic hydroxyl groups excluding tert-OH is 1. The molecular weight excluding hydrogens is 343 g/mol. The van der Waals surface area contributed by atoms with Crippen LogP contribution in [-0.4, -0.2) is 23.9 Å². The van der Waals surface area contributed by atoms with Crippen LogP contribution in [0.15, 0.2) is 54.6 Å². The molecule has 2 unspecified atom stereocenters. The molecule has 0 aromatic heterocycles. The van der Waals surface area contributed by atoms with Crippen LogP contribution in [0.3, 0.4) is 0 Å². The van der Waals surface area contributed by atoms with Crippen LogP contribution in [0.5, 0.6) is 5.75 Å². The van der Waals surface area contributed by atoms with Gasteiger partial charge >= 0.3 is 6.18 Å². The van der Waals surface area contributed by atoms with Crippen LogP contribution in [0.25, 0.3) is 0 Å². The fourth-order valence-electron chi connectivity index (χ4n) is 2.69. The summed E-state index contributed by atoms with van der Waals surface area (Å²) >= 11 is 0. The Hall–Kier alpha value is -2.05. The van der Waals surface area contributed by atoms with Crippen LogP contribution in [0.1, 0.15) is 25.0 Å². The third-order valence-electron chi connectivity index (χ3n) is 4.02. The maximum Gasteiger partial charge on any atom is 0.419 e. The number of hydrogen-bond acceptors (Lipinski definition) is 3. The predicted octanol–water partition coefficient (Wildman–Crippen LogP) is 4.26. The Morgan fingerprint density at radius 1 is 1.00 bits per heavy atom. The summed E-state index contributed by atoms with van der Waals surface area (Å²) in [6.45, 7) is 4.39. The molecule has 3 nitrogen and oxygen atoms in total. The van der Waals surface area contributed by atoms with Crippen LogP contribution in [-0.2, 0) is 12.7 Å². The first-order chi connectivity index (χ1) is 12.3. The fraction of sp³-hybridized carbons (Fsp3) is 0.400. The molecule has 6 heteroatoms. The lowest BCUT2D eigenvalue weighted by Gasteiger charge is -2.29. The van der Waals surface area contributed by atoms with Crippen molar-refractivity contribution >= 4 is 0 Å². The molecule has 0 amide bonds. The van der Waals surface area contributed by atoms with Gasteiger partial charge in [-0.05, 0) is 23.6 Å². The summed E-state index contributed by atoms with van der Waals surface area (Å²) in [6.07, 6.45) is -6.21. The Bertz CT molecular complexity index is 674. The van der Waals surface area contributed by atoms with Gasteiger partial charge in [-0.1, -0.05) is 56.3 Å². The first-order valence-corrected chi connectivity index (χ1v) is 8.54. The van der Waals surface area contributed by atoms with Gasteiger partial charge in [0, 0.05) is 13.1 Å². The van der Waals surface area contributed by atoms with E-state index in [1.54, 1.807) is 13.8 Å². The summed E-state index contributed by atoms with van der Waals surface area (Å²) < 4.78 is 45.0. The third kappa shape index (κ3) is 5.75. The second-order valence-corrected chi connectivity index (χ2v) is 6.50. The number of benzene rings is 2. The molecule has 2 rings (SSSR count). The Kier molecular flexibility index (Phi) is 7.06. The maximum absolute atomic E-state index is 13.1. The standard InChI is InChI=1S/C20H24F3NO2/c1-14(2)19(17(25)13-24-12-15-8-4-3-5-9-15)26-18-11-7-6-10-16(18)20(21,22)23/h3-11,14,17,19,24-25H,12-13H2,1-2H3. The summed E-state index contributed by atoms with van der Waals surface area (Å²) in [7, 11) is 0. The molecule has 0 bridgehead atoms. The van der Waals surface area contributed by atoms with Gasteiger partial charge in [-0.2, -0.15) is 13.2 Å². The van der Waals surface area contributed by atoms with E-state index in [9.17, 15) is 18.3 Å². The number of rotatable bonds is 8. The van der Waals surface area contributed by atoms with Crippen molar-refractivity contribution in [2.45, 2.75) is 38.8 Å². The Morgan fingerprint density at radius 3 is 2.23 bits per heavy atom. The Labute approximate surface area is 151 Å². The highest BCUT2D eigenvalue weighted by molar-refractivity contribution is 5.35. The monoisotopic (exact) mass is 367 g/mol. The number of nitrogens with one attached hydrogen (secondary N) is 1. The van der Waals surface area contributed by atoms with Gasteiger partial charge in [0.05, 0.1) is 5.56 Å². The first kappa shape index (κ1) is 20.3. The first-order valence-electron chi connectivity index (χ1n) is 8.54. The van der Waals surface area contributed by atoms with E-state index in [2.05, 4.69) is 5.32 Å². The summed E-state index contributed by atoms with van der Waals surface area (Å²) in [4.78, 5) is 0. The Balaban J connectivity index is 2.02. The molecule has 0 aliphatic rings. The van der Waals surface area contributed by atoms with Crippen molar-refractivity contribution in [2.75, 3.05) is 6.54 Å². The van der Waals surface area contributed by atoms with Gasteiger partial charge in [-0.15, -0.1) is 0 Å². The molecule has 2 aromatic carbocycles. The number of ether oxygens (including phenoxy) is 1. The van der Waals surface area contributed by atoms with Gasteiger partial charge in [0.1, 0.15) is 18.0 Å². The van der Waals surface area contributed by atoms with Crippen molar-refractivity contribution in [3.05, 3.63) is 65.7 Å². The molecule has 2 atom stereocenters. The highest BCUT2D eigenvalue weighted by Crippen LogP contribution is 2.36. The summed E-state index contributed by atoms with van der Waals surface area (Å²) in [5.41, 5.74) is 0.222. The minimum absolute atomic E-state index is 0.162. The maximum atomic E-state index is 13.1. The van der Waals surface area contributed by atoms with E-state index in [0.29, 0.717) is 6.54 Å². The van der Waals surface area contributed by atoms with Crippen molar-refractivity contribution in [3.8, 4) is 5.75 Å². The molecule has 0 saturated heterocycles. The summed E-state index contributed by atoms with van der Waals surface area (Å²) in [6, 6.07) is 14.7. The summed E-state index contributed by atoms with van der Waals surface area (Å²) in [5, 5.41) is 13.6. The molecule has 2 aromatic rings. The van der Waals surface area contributed by atoms with E-state index in [1.165, 1.54) is 18.2 Å². The SMILES string of the molecule is CC(C)C(Oc1ccccc1C(F)(F)F)C(O)CNCc1ccccc1. The van der Waals surface area contributed by atoms with Crippen molar-refractivity contribution in [2.24, 2.45) is 5.92 Å². The van der Waals surface area contributed by atoms with Crippen LogP contribution in [0.2, 0.25) is 0 Å². The second kappa shape index (κ2) is 9.05. The minimum atomic E-state index is -4.51. The van der Waals surface area contributed by atoms with Gasteiger partial charge < -0.3 is 15.2 Å². The smallest absolute Gasteiger partial charge is 0.419 e. The second-order valence-electron chi connectivity index (χ2n) is 6.50. The van der Waals surface area contributed by atoms with Crippen LogP contribution >= 0.6 is 0 Å². The van der Waals surface area contributed by atoms with E-state index < -0.39 is 23.9 Å². The lowest BCUT2D eigenvalue weighted by atomic mass is 10.0. The average molecular weight is 367 g/mol. The third-order valence-corrected chi connectivity index (χ3v) is 4.02. The van der Waals surface area contributed by atoms with E-state index in [-0.39, 0.29) is 18.2 Å². The quantitative estimate of drug-likeness (QED) is 0.733. The summed E-state index contributed by atoms with van der Waals surface area (Å²) in [5.74, 6) is -0.425. The number of para-hydroxylation sites is 1. The molecule has 0 spiro atoms. The van der Waals surface area contributed by atoms with E-state index in [0.717, 1.165) is 11.6 Å². The largest absolute Gasteiger partial charge is 0.487 e. The molecule has 2 N–H and O–H groups in total. The normalized spacial score (nSPS) is 14.3. The van der Waals surface area contributed by atoms with Crippen LogP contribution < -0.4 is 10.1 Å². The number of halogens is 3. The lowest BCUT2D eigenvalue weighted by Crippen LogP contribution is -2.43. The van der Waals surface area contributed by atoms with Crippen molar-refractivity contribution < 1.29 is 23.0 Å². The topological polar surface area (TPSA) is 41.5 Å². The van der Waals surface area contributed by atoms with Gasteiger partial charge in [0.2, 0.25) is 0 Å². The van der Waals surface area contributed by atoms with E-state index in [4.69, 9.17) is 4.74 Å². The molecule has 0 aliphatic heterocycles. The number of alkyl halides is 3. The minimum Gasteiger partial charge on any atom is -0.487 e. The average Bonchev–Trinajstić information content (AvgIpc) is 2.59. The molecule has 0 radical (unpaired) electrons. The number of hydrogen-bond donors (Lipinski definition) is 2. The van der Waals surface area contributed by atoms with Crippen LogP contribution in [0, 0.1) is 5.92 Å². The molecular formula is C20H24F3NO2. The van der Waals surface area contributed by atoms with Crippen molar-refractivity contribution in [1.29, 1.82) is 0 Å². The molecule has 0 heterocycles. The fourth-order valence-corrected chi connectivity index (χ4v) is 2.69. The van der Waals surface area contributed by atoms with E-state index in [1.807, 2.05) is 30.3 Å². The molecule has 0 aliphatic carbocycles. The van der Waals surface area contributed by atoms with E-state index >= 15 is 0 Å². The van der Waals surface area contributed by atoms with Gasteiger partial charge in [0.25, 0.3) is 0 Å². The van der Waals surface area contributed by atoms with Gasteiger partial charge in [-0.25, -0.2) is 0 Å². The zero-order valence-electron chi connectivity index (χ0n) is 14.8. The van der Waals surface area contributed by atoms with Crippen molar-refractivity contribution in [3.63, 3.8) is 0 Å². The van der Waals surface area contributed by atoms with Gasteiger partial charge in [-0.3, -0.25) is 0 Å². The zero-order chi connectivity index (χ0) is 19.2. The highest BCUT2D eigenvalue weighted by atomic mass is 19.4. The Morgan fingerprint density at radius 2 is 1.62 bits per heavy atom. The van der Waals surface area contributed by atoms with Crippen molar-refractivity contribution in [1.82, 2.24) is 5.32 Å². The van der Waals surface area contributed by atoms with Crippen LogP contribution in [0.4, 0.5) is 13.2 Å². The molecule has 0 fully saturated rings.